The van der Waals surface area contributed by atoms with Crippen LogP contribution in [-0.2, 0) is 51.5 Å². The Hall–Kier alpha value is -4.72. The topological polar surface area (TPSA) is 186 Å². The van der Waals surface area contributed by atoms with Crippen LogP contribution < -0.4 is 20.7 Å². The van der Waals surface area contributed by atoms with Gasteiger partial charge in [0.1, 0.15) is 16.0 Å². The predicted octanol–water partition coefficient (Wildman–Crippen LogP) is 4.46. The van der Waals surface area contributed by atoms with E-state index >= 15 is 0 Å². The molecular formula is C37H48N4O9S. The smallest absolute Gasteiger partial charge is 0.408 e. The first kappa shape index (κ1) is 39.1. The number of aryl methyl sites for hydroxylation is 1. The number of nitrogens with one attached hydrogen (secondary N) is 4. The van der Waals surface area contributed by atoms with Crippen LogP contribution in [0.4, 0.5) is 10.5 Å². The maximum atomic E-state index is 14.2. The molecule has 51 heavy (non-hydrogen) atoms. The van der Waals surface area contributed by atoms with E-state index in [0.29, 0.717) is 25.7 Å². The number of amides is 4. The maximum Gasteiger partial charge on any atom is 0.408 e. The summed E-state index contributed by atoms with van der Waals surface area (Å²) < 4.78 is 39.4. The van der Waals surface area contributed by atoms with E-state index < -0.39 is 51.0 Å². The van der Waals surface area contributed by atoms with Crippen LogP contribution in [0.2, 0.25) is 0 Å². The maximum absolute atomic E-state index is 14.2. The first-order valence-corrected chi connectivity index (χ1v) is 18.8. The second kappa shape index (κ2) is 17.0. The lowest BCUT2D eigenvalue weighted by atomic mass is 9.77. The summed E-state index contributed by atoms with van der Waals surface area (Å²) in [5, 5.41) is 8.18. The van der Waals surface area contributed by atoms with Gasteiger partial charge in [0.2, 0.25) is 11.8 Å². The predicted molar refractivity (Wildman–Crippen MR) is 190 cm³/mol. The molecular weight excluding hydrogens is 676 g/mol. The molecule has 2 aliphatic rings. The van der Waals surface area contributed by atoms with E-state index in [2.05, 4.69) is 32.0 Å². The third-order valence-corrected chi connectivity index (χ3v) is 10.7. The highest BCUT2D eigenvalue weighted by Crippen LogP contribution is 2.46. The average Bonchev–Trinajstić information content (AvgIpc) is 3.81. The first-order chi connectivity index (χ1) is 24.2. The van der Waals surface area contributed by atoms with Crippen molar-refractivity contribution in [2.45, 2.75) is 107 Å². The van der Waals surface area contributed by atoms with E-state index in [-0.39, 0.29) is 48.1 Å². The van der Waals surface area contributed by atoms with Crippen molar-refractivity contribution < 1.29 is 41.9 Å². The molecule has 14 heteroatoms. The molecule has 0 spiro atoms. The molecule has 0 radical (unpaired) electrons. The van der Waals surface area contributed by atoms with Gasteiger partial charge in [0.15, 0.2) is 0 Å². The van der Waals surface area contributed by atoms with Gasteiger partial charge in [-0.05, 0) is 69.2 Å². The van der Waals surface area contributed by atoms with Gasteiger partial charge < -0.3 is 25.4 Å². The van der Waals surface area contributed by atoms with E-state index in [1.54, 1.807) is 19.9 Å². The molecule has 4 amide bonds. The molecule has 1 unspecified atom stereocenters. The Morgan fingerprint density at radius 1 is 0.902 bits per heavy atom. The molecule has 13 nitrogen and oxygen atoms in total. The van der Waals surface area contributed by atoms with E-state index in [4.69, 9.17) is 4.74 Å². The highest BCUT2D eigenvalue weighted by molar-refractivity contribution is 7.90. The summed E-state index contributed by atoms with van der Waals surface area (Å²) in [6, 6.07) is 13.3. The summed E-state index contributed by atoms with van der Waals surface area (Å²) in [6.45, 7) is 7.14. The van der Waals surface area contributed by atoms with Gasteiger partial charge in [-0.2, -0.15) is 0 Å². The molecule has 2 aliphatic carbocycles. The van der Waals surface area contributed by atoms with Gasteiger partial charge in [-0.1, -0.05) is 61.7 Å². The number of carbonyl (C=O) groups excluding carboxylic acids is 5. The highest BCUT2D eigenvalue weighted by atomic mass is 32.2. The van der Waals surface area contributed by atoms with Crippen LogP contribution in [0, 0.1) is 5.92 Å². The number of para-hydroxylation sites is 1. The van der Waals surface area contributed by atoms with Crippen LogP contribution >= 0.6 is 0 Å². The number of anilines is 1. The minimum atomic E-state index is -4.53. The summed E-state index contributed by atoms with van der Waals surface area (Å²) in [7, 11) is -3.18. The molecule has 276 valence electrons. The molecule has 2 aromatic rings. The Morgan fingerprint density at radius 2 is 1.55 bits per heavy atom. The first-order valence-electron chi connectivity index (χ1n) is 17.3. The Labute approximate surface area is 299 Å². The molecule has 1 saturated carbocycles. The van der Waals surface area contributed by atoms with Gasteiger partial charge in [-0.15, -0.1) is 6.58 Å². The number of alkyl carbamates (subject to hydrolysis) is 1. The van der Waals surface area contributed by atoms with Crippen molar-refractivity contribution in [3.8, 4) is 0 Å². The monoisotopic (exact) mass is 724 g/mol. The van der Waals surface area contributed by atoms with Crippen molar-refractivity contribution in [1.82, 2.24) is 15.4 Å². The number of unbranched alkanes of at least 4 members (excludes halogenated alkanes) is 4. The lowest BCUT2D eigenvalue weighted by Gasteiger charge is -2.38. The van der Waals surface area contributed by atoms with Crippen molar-refractivity contribution in [3.05, 3.63) is 72.3 Å². The number of ether oxygens (including phenoxy) is 2. The molecule has 4 rings (SSSR count). The highest BCUT2D eigenvalue weighted by Gasteiger charge is 2.62. The van der Waals surface area contributed by atoms with E-state index in [1.165, 1.54) is 31.4 Å². The number of fused-ring (bicyclic) bond motifs is 1. The van der Waals surface area contributed by atoms with Crippen LogP contribution in [-0.4, -0.2) is 62.5 Å². The molecule has 0 aliphatic heterocycles. The number of methoxy groups -OCH3 is 1. The number of carbonyl (C=O) groups is 5. The van der Waals surface area contributed by atoms with Gasteiger partial charge >= 0.3 is 12.1 Å². The van der Waals surface area contributed by atoms with Crippen molar-refractivity contribution in [2.24, 2.45) is 5.92 Å². The Balaban J connectivity index is 1.45. The fourth-order valence-corrected chi connectivity index (χ4v) is 7.56. The van der Waals surface area contributed by atoms with Crippen molar-refractivity contribution in [3.63, 3.8) is 0 Å². The van der Waals surface area contributed by atoms with Crippen LogP contribution in [0.1, 0.15) is 82.8 Å². The van der Waals surface area contributed by atoms with E-state index in [1.807, 2.05) is 24.3 Å². The van der Waals surface area contributed by atoms with Gasteiger partial charge in [-0.25, -0.2) is 17.9 Å². The minimum Gasteiger partial charge on any atom is -0.469 e. The largest absolute Gasteiger partial charge is 0.469 e. The zero-order valence-electron chi connectivity index (χ0n) is 29.4. The Bertz CT molecular complexity index is 1740. The number of esters is 1. The summed E-state index contributed by atoms with van der Waals surface area (Å²) in [5.41, 5.74) is -1.22. The zero-order chi connectivity index (χ0) is 37.2. The Kier molecular flexibility index (Phi) is 13.0. The standard InChI is InChI=1S/C37H48N4O9S/c1-5-28-24-37(28,39-33(44)36(40-35(46)50-25(2)3)22-21-26-15-11-12-16-27(26)23-36)34(45)41-51(47,48)30-18-14-13-17-29(30)38-31(42)19-9-7-6-8-10-20-32(43)49-4/h5,11-18,25,28H,1,6-10,19-24H2,2-4H3,(H,38,42)(H,39,44)(H,40,46)(H,41,45)/t28-,36?,37-/m1/s1. The van der Waals surface area contributed by atoms with Gasteiger partial charge in [-0.3, -0.25) is 19.2 Å². The fraction of sp³-hybridized carbons (Fsp3) is 0.486. The van der Waals surface area contributed by atoms with Crippen LogP contribution in [0.25, 0.3) is 0 Å². The van der Waals surface area contributed by atoms with Gasteiger partial charge in [0.05, 0.1) is 18.9 Å². The molecule has 0 aromatic heterocycles. The van der Waals surface area contributed by atoms with Gasteiger partial charge in [0.25, 0.3) is 15.9 Å². The molecule has 0 bridgehead atoms. The lowest BCUT2D eigenvalue weighted by Crippen LogP contribution is -2.65. The number of sulfonamides is 1. The normalized spacial score (nSPS) is 20.7. The molecule has 0 saturated heterocycles. The van der Waals surface area contributed by atoms with Gasteiger partial charge in [0, 0.05) is 25.2 Å². The minimum absolute atomic E-state index is 0.00252. The third kappa shape index (κ3) is 9.96. The number of rotatable bonds is 17. The summed E-state index contributed by atoms with van der Waals surface area (Å²) in [6.07, 6.45) is 5.35. The van der Waals surface area contributed by atoms with Crippen LogP contribution in [0.15, 0.2) is 66.1 Å². The zero-order valence-corrected chi connectivity index (χ0v) is 30.2. The summed E-state index contributed by atoms with van der Waals surface area (Å²) in [4.78, 5) is 64.5. The average molecular weight is 725 g/mol. The van der Waals surface area contributed by atoms with Crippen LogP contribution in [0.3, 0.4) is 0 Å². The number of hydrogen-bond donors (Lipinski definition) is 4. The quantitative estimate of drug-likeness (QED) is 0.104. The Morgan fingerprint density at radius 3 is 2.22 bits per heavy atom. The summed E-state index contributed by atoms with van der Waals surface area (Å²) in [5.74, 6) is -2.84. The molecule has 1 fully saturated rings. The van der Waals surface area contributed by atoms with Crippen molar-refractivity contribution in [1.29, 1.82) is 0 Å². The number of hydrogen-bond acceptors (Lipinski definition) is 9. The molecule has 0 heterocycles. The lowest BCUT2D eigenvalue weighted by molar-refractivity contribution is -0.140. The number of benzene rings is 2. The van der Waals surface area contributed by atoms with E-state index in [9.17, 15) is 32.4 Å². The van der Waals surface area contributed by atoms with Crippen molar-refractivity contribution >= 4 is 45.5 Å². The van der Waals surface area contributed by atoms with E-state index in [0.717, 1.165) is 30.4 Å². The second-order valence-electron chi connectivity index (χ2n) is 13.4. The SMILES string of the molecule is C=C[C@@H]1C[C@]1(NC(=O)C1(NC(=O)OC(C)C)CCc2ccccc2C1)C(=O)NS(=O)(=O)c1ccccc1NC(=O)CCCCCCCC(=O)OC. The summed E-state index contributed by atoms with van der Waals surface area (Å²) >= 11 is 0. The molecule has 3 atom stereocenters. The molecule has 4 N–H and O–H groups in total. The van der Waals surface area contributed by atoms with Crippen molar-refractivity contribution in [2.75, 3.05) is 12.4 Å². The van der Waals surface area contributed by atoms with Crippen LogP contribution in [0.5, 0.6) is 0 Å². The second-order valence-corrected chi connectivity index (χ2v) is 15.1. The fourth-order valence-electron chi connectivity index (χ4n) is 6.36. The molecule has 2 aromatic carbocycles. The third-order valence-electron chi connectivity index (χ3n) is 9.28.